The van der Waals surface area contributed by atoms with Crippen molar-refractivity contribution >= 4 is 5.78 Å². The van der Waals surface area contributed by atoms with Gasteiger partial charge in [0.2, 0.25) is 0 Å². The molecule has 2 heteroatoms. The highest BCUT2D eigenvalue weighted by Gasteiger charge is 2.39. The minimum absolute atomic E-state index is 0.00866. The molecule has 0 heterocycles. The van der Waals surface area contributed by atoms with Crippen LogP contribution in [0.5, 0.6) is 0 Å². The van der Waals surface area contributed by atoms with Crippen LogP contribution in [0.3, 0.4) is 0 Å². The smallest absolute Gasteiger partial charge is 0.187 e. The summed E-state index contributed by atoms with van der Waals surface area (Å²) in [6.07, 6.45) is 2.98. The van der Waals surface area contributed by atoms with Gasteiger partial charge in [-0.3, -0.25) is 4.79 Å². The summed E-state index contributed by atoms with van der Waals surface area (Å²) in [6.45, 7) is 5.69. The average Bonchev–Trinajstić information content (AvgIpc) is 1.97. The zero-order chi connectivity index (χ0) is 9.35. The third-order valence-electron chi connectivity index (χ3n) is 2.66. The van der Waals surface area contributed by atoms with Crippen molar-refractivity contribution in [1.29, 1.82) is 0 Å². The van der Waals surface area contributed by atoms with E-state index in [1.807, 2.05) is 20.8 Å². The molecule has 1 aliphatic carbocycles. The average molecular weight is 168 g/mol. The molecule has 0 aromatic rings. The Labute approximate surface area is 73.3 Å². The molecule has 0 aromatic heterocycles. The molecule has 0 radical (unpaired) electrons. The molecule has 2 nitrogen and oxygen atoms in total. The van der Waals surface area contributed by atoms with Crippen LogP contribution >= 0.6 is 0 Å². The second-order valence-corrected chi connectivity index (χ2v) is 3.93. The first-order chi connectivity index (χ1) is 5.47. The number of carbonyl (C=O) groups excluding carboxylic acids is 1. The highest BCUT2D eigenvalue weighted by molar-refractivity contribution is 5.98. The van der Waals surface area contributed by atoms with E-state index in [1.165, 1.54) is 0 Å². The van der Waals surface area contributed by atoms with Crippen molar-refractivity contribution in [3.8, 4) is 0 Å². The lowest BCUT2D eigenvalue weighted by atomic mass is 9.77. The van der Waals surface area contributed by atoms with Crippen LogP contribution in [0.1, 0.15) is 33.6 Å². The van der Waals surface area contributed by atoms with Crippen LogP contribution in [-0.4, -0.2) is 16.5 Å². The molecule has 0 aliphatic heterocycles. The van der Waals surface area contributed by atoms with Crippen LogP contribution in [0.2, 0.25) is 0 Å². The summed E-state index contributed by atoms with van der Waals surface area (Å²) >= 11 is 0. The van der Waals surface area contributed by atoms with E-state index in [2.05, 4.69) is 0 Å². The summed E-state index contributed by atoms with van der Waals surface area (Å²) in [5.41, 5.74) is -0.0233. The van der Waals surface area contributed by atoms with Crippen LogP contribution in [0.15, 0.2) is 11.6 Å². The summed E-state index contributed by atoms with van der Waals surface area (Å²) in [5.74, 6) is -0.115. The first kappa shape index (κ1) is 9.46. The number of carbonyl (C=O) groups is 1. The summed E-state index contributed by atoms with van der Waals surface area (Å²) in [4.78, 5) is 11.4. The van der Waals surface area contributed by atoms with Gasteiger partial charge in [-0.05, 0) is 31.8 Å². The molecule has 0 fully saturated rings. The fourth-order valence-corrected chi connectivity index (χ4v) is 1.51. The van der Waals surface area contributed by atoms with Crippen molar-refractivity contribution < 1.29 is 9.90 Å². The molecule has 1 rings (SSSR count). The van der Waals surface area contributed by atoms with Gasteiger partial charge in [-0.2, -0.15) is 0 Å². The Kier molecular flexibility index (Phi) is 2.38. The summed E-state index contributed by atoms with van der Waals surface area (Å²) < 4.78 is 0. The first-order valence-corrected chi connectivity index (χ1v) is 4.41. The number of rotatable bonds is 1. The molecule has 12 heavy (non-hydrogen) atoms. The van der Waals surface area contributed by atoms with Crippen LogP contribution < -0.4 is 0 Å². The Hall–Kier alpha value is -0.630. The zero-order valence-electron chi connectivity index (χ0n) is 7.92. The van der Waals surface area contributed by atoms with Gasteiger partial charge in [0.1, 0.15) is 5.60 Å². The minimum Gasteiger partial charge on any atom is -0.381 e. The van der Waals surface area contributed by atoms with Crippen LogP contribution in [0.4, 0.5) is 0 Å². The second kappa shape index (κ2) is 3.02. The van der Waals surface area contributed by atoms with E-state index in [9.17, 15) is 9.90 Å². The lowest BCUT2D eigenvalue weighted by Gasteiger charge is -2.32. The van der Waals surface area contributed by atoms with E-state index >= 15 is 0 Å². The summed E-state index contributed by atoms with van der Waals surface area (Å²) in [6, 6.07) is 0. The Morgan fingerprint density at radius 3 is 2.58 bits per heavy atom. The Bertz CT molecular complexity index is 228. The minimum atomic E-state index is -1.10. The molecule has 68 valence electrons. The largest absolute Gasteiger partial charge is 0.381 e. The molecule has 0 aromatic carbocycles. The lowest BCUT2D eigenvalue weighted by molar-refractivity contribution is -0.138. The molecule has 1 unspecified atom stereocenters. The second-order valence-electron chi connectivity index (χ2n) is 3.93. The topological polar surface area (TPSA) is 37.3 Å². The molecule has 0 amide bonds. The van der Waals surface area contributed by atoms with Crippen molar-refractivity contribution in [2.24, 2.45) is 5.92 Å². The molecular weight excluding hydrogens is 152 g/mol. The van der Waals surface area contributed by atoms with E-state index in [0.29, 0.717) is 6.42 Å². The van der Waals surface area contributed by atoms with Crippen molar-refractivity contribution in [1.82, 2.24) is 0 Å². The number of hydrogen-bond acceptors (Lipinski definition) is 2. The Morgan fingerprint density at radius 1 is 1.58 bits per heavy atom. The molecular formula is C10H16O2. The molecule has 0 bridgehead atoms. The summed E-state index contributed by atoms with van der Waals surface area (Å²) in [5, 5.41) is 9.94. The molecule has 0 spiro atoms. The number of aliphatic hydroxyl groups is 1. The van der Waals surface area contributed by atoms with Crippen molar-refractivity contribution in [2.75, 3.05) is 0 Å². The fourth-order valence-electron chi connectivity index (χ4n) is 1.51. The number of allylic oxidation sites excluding steroid dienone is 1. The fraction of sp³-hybridized carbons (Fsp3) is 0.700. The van der Waals surface area contributed by atoms with Gasteiger partial charge in [0.05, 0.1) is 0 Å². The number of hydrogen-bond donors (Lipinski definition) is 1. The van der Waals surface area contributed by atoms with Gasteiger partial charge in [-0.15, -0.1) is 0 Å². The number of ketones is 1. The highest BCUT2D eigenvalue weighted by Crippen LogP contribution is 2.30. The standard InChI is InChI=1S/C10H16O2/c1-7(2)10(12)5-4-8(3)6-9(10)11/h6-7,12H,4-5H2,1-3H3. The van der Waals surface area contributed by atoms with E-state index in [0.717, 1.165) is 12.0 Å². The highest BCUT2D eigenvalue weighted by atomic mass is 16.3. The van der Waals surface area contributed by atoms with Crippen molar-refractivity contribution in [3.05, 3.63) is 11.6 Å². The lowest BCUT2D eigenvalue weighted by Crippen LogP contribution is -2.44. The van der Waals surface area contributed by atoms with Gasteiger partial charge in [0.15, 0.2) is 5.78 Å². The first-order valence-electron chi connectivity index (χ1n) is 4.41. The zero-order valence-corrected chi connectivity index (χ0v) is 7.92. The monoisotopic (exact) mass is 168 g/mol. The Morgan fingerprint density at radius 2 is 2.17 bits per heavy atom. The van der Waals surface area contributed by atoms with Gasteiger partial charge < -0.3 is 5.11 Å². The molecule has 1 atom stereocenters. The summed E-state index contributed by atoms with van der Waals surface area (Å²) in [7, 11) is 0. The third-order valence-corrected chi connectivity index (χ3v) is 2.66. The molecule has 1 aliphatic rings. The predicted octanol–water partition coefficient (Wildman–Crippen LogP) is 1.68. The van der Waals surface area contributed by atoms with E-state index < -0.39 is 5.60 Å². The van der Waals surface area contributed by atoms with Gasteiger partial charge in [0, 0.05) is 0 Å². The maximum atomic E-state index is 11.4. The van der Waals surface area contributed by atoms with Gasteiger partial charge in [-0.25, -0.2) is 0 Å². The molecule has 0 saturated carbocycles. The van der Waals surface area contributed by atoms with Crippen LogP contribution in [-0.2, 0) is 4.79 Å². The maximum Gasteiger partial charge on any atom is 0.187 e. The van der Waals surface area contributed by atoms with Crippen molar-refractivity contribution in [2.45, 2.75) is 39.2 Å². The SMILES string of the molecule is CC1=CC(=O)C(O)(C(C)C)CC1. The van der Waals surface area contributed by atoms with Crippen molar-refractivity contribution in [3.63, 3.8) is 0 Å². The molecule has 0 saturated heterocycles. The van der Waals surface area contributed by atoms with Crippen LogP contribution in [0, 0.1) is 5.92 Å². The maximum absolute atomic E-state index is 11.4. The van der Waals surface area contributed by atoms with Crippen LogP contribution in [0.25, 0.3) is 0 Å². The normalized spacial score (nSPS) is 30.8. The molecule has 1 N–H and O–H groups in total. The Balaban J connectivity index is 2.90. The third kappa shape index (κ3) is 1.44. The predicted molar refractivity (Wildman–Crippen MR) is 47.8 cm³/mol. The van der Waals surface area contributed by atoms with Gasteiger partial charge in [0.25, 0.3) is 0 Å². The van der Waals surface area contributed by atoms with E-state index in [1.54, 1.807) is 6.08 Å². The van der Waals surface area contributed by atoms with E-state index in [4.69, 9.17) is 0 Å². The van der Waals surface area contributed by atoms with E-state index in [-0.39, 0.29) is 11.7 Å². The quantitative estimate of drug-likeness (QED) is 0.646. The van der Waals surface area contributed by atoms with Gasteiger partial charge in [-0.1, -0.05) is 19.4 Å². The van der Waals surface area contributed by atoms with Gasteiger partial charge >= 0.3 is 0 Å².